The topological polar surface area (TPSA) is 35.5 Å². The maximum absolute atomic E-state index is 10.1. The summed E-state index contributed by atoms with van der Waals surface area (Å²) < 4.78 is 11.0. The Morgan fingerprint density at radius 1 is 0.714 bits per heavy atom. The van der Waals surface area contributed by atoms with Crippen LogP contribution >= 0.6 is 0 Å². The lowest BCUT2D eigenvalue weighted by atomic mass is 9.91. The molecular formula is C32H50O3. The third-order valence-corrected chi connectivity index (χ3v) is 6.17. The molecule has 2 aromatic carbocycles. The number of ether oxygens (including phenoxy) is 2. The minimum absolute atomic E-state index is 0.182. The molecule has 0 saturated heterocycles. The molecule has 2 atom stereocenters. The quantitative estimate of drug-likeness (QED) is 0.188. The Hall–Kier alpha value is -2.13. The number of hydrogen-bond donors (Lipinski definition) is 0. The van der Waals surface area contributed by atoms with Crippen LogP contribution in [0.4, 0.5) is 0 Å². The van der Waals surface area contributed by atoms with Crippen molar-refractivity contribution in [2.24, 2.45) is 11.8 Å². The molecule has 2 aromatic rings. The van der Waals surface area contributed by atoms with Gasteiger partial charge in [-0.15, -0.1) is 0 Å². The van der Waals surface area contributed by atoms with Crippen molar-refractivity contribution in [2.45, 2.75) is 91.9 Å². The summed E-state index contributed by atoms with van der Waals surface area (Å²) >= 11 is 0. The first-order chi connectivity index (χ1) is 16.8. The minimum Gasteiger partial charge on any atom is -0.466 e. The summed E-state index contributed by atoms with van der Waals surface area (Å²) in [4.78, 5) is 10.1. The highest BCUT2D eigenvalue weighted by atomic mass is 16.5. The molecule has 0 amide bonds. The van der Waals surface area contributed by atoms with Crippen molar-refractivity contribution in [1.82, 2.24) is 0 Å². The van der Waals surface area contributed by atoms with Crippen LogP contribution in [0.3, 0.4) is 0 Å². The summed E-state index contributed by atoms with van der Waals surface area (Å²) in [5, 5.41) is 0. The van der Waals surface area contributed by atoms with E-state index in [0.29, 0.717) is 18.4 Å². The van der Waals surface area contributed by atoms with Gasteiger partial charge < -0.3 is 9.47 Å². The van der Waals surface area contributed by atoms with Gasteiger partial charge in [0.15, 0.2) is 0 Å². The molecule has 0 fully saturated rings. The summed E-state index contributed by atoms with van der Waals surface area (Å²) in [5.41, 5.74) is 2.83. The molecule has 3 heteroatoms. The second kappa shape index (κ2) is 19.1. The zero-order chi connectivity index (χ0) is 25.9. The highest BCUT2D eigenvalue weighted by molar-refractivity contribution is 5.65. The van der Waals surface area contributed by atoms with Gasteiger partial charge in [-0.2, -0.15) is 0 Å². The second-order valence-electron chi connectivity index (χ2n) is 10.4. The molecule has 2 unspecified atom stereocenters. The maximum atomic E-state index is 10.1. The first-order valence-corrected chi connectivity index (χ1v) is 13.6. The Balaban J connectivity index is 0.000000658. The van der Waals surface area contributed by atoms with Crippen LogP contribution in [-0.4, -0.2) is 25.8 Å². The van der Waals surface area contributed by atoms with E-state index < -0.39 is 0 Å². The van der Waals surface area contributed by atoms with Gasteiger partial charge in [-0.05, 0) is 42.2 Å². The van der Waals surface area contributed by atoms with Crippen LogP contribution in [0, 0.1) is 11.8 Å². The molecule has 0 spiro atoms. The predicted octanol–water partition coefficient (Wildman–Crippen LogP) is 8.79. The van der Waals surface area contributed by atoms with Crippen molar-refractivity contribution in [3.05, 3.63) is 71.8 Å². The summed E-state index contributed by atoms with van der Waals surface area (Å²) in [7, 11) is 0. The van der Waals surface area contributed by atoms with E-state index in [2.05, 4.69) is 100 Å². The lowest BCUT2D eigenvalue weighted by molar-refractivity contribution is -0.141. The van der Waals surface area contributed by atoms with E-state index in [9.17, 15) is 4.79 Å². The van der Waals surface area contributed by atoms with Crippen LogP contribution in [0.5, 0.6) is 0 Å². The molecule has 3 nitrogen and oxygen atoms in total. The Kier molecular flexibility index (Phi) is 16.9. The van der Waals surface area contributed by atoms with Gasteiger partial charge in [-0.1, -0.05) is 115 Å². The Morgan fingerprint density at radius 3 is 1.49 bits per heavy atom. The van der Waals surface area contributed by atoms with Gasteiger partial charge in [-0.25, -0.2) is 0 Å². The molecule has 0 bridgehead atoms. The predicted molar refractivity (Wildman–Crippen MR) is 149 cm³/mol. The molecule has 35 heavy (non-hydrogen) atoms. The number of benzene rings is 2. The van der Waals surface area contributed by atoms with Crippen molar-refractivity contribution in [3.63, 3.8) is 0 Å². The molecule has 0 N–H and O–H groups in total. The van der Waals surface area contributed by atoms with E-state index in [1.54, 1.807) is 0 Å². The van der Waals surface area contributed by atoms with E-state index >= 15 is 0 Å². The average Bonchev–Trinajstić information content (AvgIpc) is 2.84. The van der Waals surface area contributed by atoms with E-state index in [0.717, 1.165) is 37.9 Å². The highest BCUT2D eigenvalue weighted by Crippen LogP contribution is 2.27. The summed E-state index contributed by atoms with van der Waals surface area (Å²) in [6.07, 6.45) is 6.94. The summed E-state index contributed by atoms with van der Waals surface area (Å²) in [6.45, 7) is 14.9. The lowest BCUT2D eigenvalue weighted by Crippen LogP contribution is -2.14. The SMILES string of the molecule is CC(C)CCC(COCC(CCC(C)C)c1ccccc1)c1ccccc1.CCCCOC(C)=O. The van der Waals surface area contributed by atoms with Crippen LogP contribution in [0.15, 0.2) is 60.7 Å². The Labute approximate surface area is 215 Å². The second-order valence-corrected chi connectivity index (χ2v) is 10.4. The van der Waals surface area contributed by atoms with Crippen LogP contribution in [0.1, 0.15) is 103 Å². The van der Waals surface area contributed by atoms with Crippen molar-refractivity contribution in [3.8, 4) is 0 Å². The zero-order valence-corrected chi connectivity index (χ0v) is 23.2. The molecule has 0 aliphatic rings. The summed E-state index contributed by atoms with van der Waals surface area (Å²) in [6, 6.07) is 21.8. The zero-order valence-electron chi connectivity index (χ0n) is 23.2. The van der Waals surface area contributed by atoms with Gasteiger partial charge in [0.25, 0.3) is 0 Å². The molecule has 2 rings (SSSR count). The molecule has 0 radical (unpaired) electrons. The fraction of sp³-hybridized carbons (Fsp3) is 0.594. The molecule has 0 aliphatic carbocycles. The van der Waals surface area contributed by atoms with Gasteiger partial charge in [-0.3, -0.25) is 4.79 Å². The van der Waals surface area contributed by atoms with Crippen molar-refractivity contribution in [1.29, 1.82) is 0 Å². The van der Waals surface area contributed by atoms with E-state index in [1.165, 1.54) is 43.7 Å². The van der Waals surface area contributed by atoms with Crippen molar-refractivity contribution in [2.75, 3.05) is 19.8 Å². The van der Waals surface area contributed by atoms with Gasteiger partial charge in [0.1, 0.15) is 0 Å². The number of rotatable bonds is 15. The van der Waals surface area contributed by atoms with Crippen LogP contribution in [0.25, 0.3) is 0 Å². The van der Waals surface area contributed by atoms with Gasteiger partial charge in [0, 0.05) is 18.8 Å². The fourth-order valence-electron chi connectivity index (χ4n) is 3.92. The first-order valence-electron chi connectivity index (χ1n) is 13.6. The van der Waals surface area contributed by atoms with Crippen LogP contribution in [0.2, 0.25) is 0 Å². The number of esters is 1. The number of unbranched alkanes of at least 4 members (excludes halogenated alkanes) is 1. The Morgan fingerprint density at radius 2 is 1.14 bits per heavy atom. The van der Waals surface area contributed by atoms with E-state index in [1.807, 2.05) is 0 Å². The Bertz CT molecular complexity index is 699. The van der Waals surface area contributed by atoms with Crippen LogP contribution < -0.4 is 0 Å². The van der Waals surface area contributed by atoms with Crippen molar-refractivity contribution >= 4 is 5.97 Å². The molecule has 0 saturated carbocycles. The molecular weight excluding hydrogens is 432 g/mol. The normalized spacial score (nSPS) is 12.7. The first kappa shape index (κ1) is 30.9. The number of carbonyl (C=O) groups excluding carboxylic acids is 1. The van der Waals surface area contributed by atoms with E-state index in [4.69, 9.17) is 4.74 Å². The molecule has 0 aromatic heterocycles. The number of carbonyl (C=O) groups is 1. The fourth-order valence-corrected chi connectivity index (χ4v) is 3.92. The average molecular weight is 483 g/mol. The maximum Gasteiger partial charge on any atom is 0.302 e. The van der Waals surface area contributed by atoms with E-state index in [-0.39, 0.29) is 5.97 Å². The third kappa shape index (κ3) is 15.5. The van der Waals surface area contributed by atoms with Gasteiger partial charge >= 0.3 is 5.97 Å². The smallest absolute Gasteiger partial charge is 0.302 e. The molecule has 0 aliphatic heterocycles. The lowest BCUT2D eigenvalue weighted by Gasteiger charge is -2.22. The van der Waals surface area contributed by atoms with Gasteiger partial charge in [0.05, 0.1) is 19.8 Å². The number of hydrogen-bond acceptors (Lipinski definition) is 3. The largest absolute Gasteiger partial charge is 0.466 e. The monoisotopic (exact) mass is 482 g/mol. The molecule has 196 valence electrons. The van der Waals surface area contributed by atoms with Crippen molar-refractivity contribution < 1.29 is 14.3 Å². The minimum atomic E-state index is -0.182. The highest BCUT2D eigenvalue weighted by Gasteiger charge is 2.16. The summed E-state index contributed by atoms with van der Waals surface area (Å²) in [5.74, 6) is 2.28. The standard InChI is InChI=1S/C26H38O.C6H12O2/c1-21(2)15-17-25(23-11-7-5-8-12-23)19-27-20-26(18-16-22(3)4)24-13-9-6-10-14-24;1-3-4-5-8-6(2)7/h5-14,21-22,25-26H,15-20H2,1-4H3;3-5H2,1-2H3. The van der Waals surface area contributed by atoms with Crippen LogP contribution in [-0.2, 0) is 14.3 Å². The van der Waals surface area contributed by atoms with Gasteiger partial charge in [0.2, 0.25) is 0 Å². The third-order valence-electron chi connectivity index (χ3n) is 6.17. The molecule has 0 heterocycles.